The van der Waals surface area contributed by atoms with Crippen LogP contribution in [0.4, 0.5) is 4.79 Å². The van der Waals surface area contributed by atoms with Crippen LogP contribution < -0.4 is 5.32 Å². The third kappa shape index (κ3) is 2.79. The number of nitrogens with one attached hydrogen (secondary N) is 1. The van der Waals surface area contributed by atoms with Gasteiger partial charge < -0.3 is 10.2 Å². The van der Waals surface area contributed by atoms with Gasteiger partial charge in [-0.2, -0.15) is 0 Å². The van der Waals surface area contributed by atoms with E-state index in [0.717, 1.165) is 10.5 Å². The summed E-state index contributed by atoms with van der Waals surface area (Å²) in [5.41, 5.74) is -0.0445. The fourth-order valence-electron chi connectivity index (χ4n) is 3.15. The van der Waals surface area contributed by atoms with Crippen LogP contribution in [0.25, 0.3) is 0 Å². The number of carbonyl (C=O) groups is 3. The Bertz CT molecular complexity index is 668. The monoisotopic (exact) mass is 335 g/mol. The molecular formula is C16H18ClN3O3. The summed E-state index contributed by atoms with van der Waals surface area (Å²) in [6.07, 6.45) is 1.12. The molecule has 1 aromatic carbocycles. The molecule has 2 heterocycles. The summed E-state index contributed by atoms with van der Waals surface area (Å²) in [6, 6.07) is 6.90. The van der Waals surface area contributed by atoms with Crippen LogP contribution in [0, 0.1) is 0 Å². The van der Waals surface area contributed by atoms with E-state index in [1.807, 2.05) is 18.2 Å². The molecule has 0 aromatic heterocycles. The second-order valence-corrected chi connectivity index (χ2v) is 6.43. The van der Waals surface area contributed by atoms with Gasteiger partial charge in [0.1, 0.15) is 5.54 Å². The molecular weight excluding hydrogens is 318 g/mol. The maximum atomic E-state index is 12.4. The fourth-order valence-corrected chi connectivity index (χ4v) is 3.35. The van der Waals surface area contributed by atoms with E-state index in [9.17, 15) is 14.4 Å². The van der Waals surface area contributed by atoms with E-state index in [-0.39, 0.29) is 24.3 Å². The van der Waals surface area contributed by atoms with E-state index < -0.39 is 5.54 Å². The third-order valence-electron chi connectivity index (χ3n) is 4.63. The molecule has 7 heteroatoms. The van der Waals surface area contributed by atoms with Gasteiger partial charge in [0.15, 0.2) is 0 Å². The van der Waals surface area contributed by atoms with Gasteiger partial charge in [0, 0.05) is 25.2 Å². The van der Waals surface area contributed by atoms with Crippen molar-refractivity contribution < 1.29 is 14.4 Å². The molecule has 1 aromatic rings. The van der Waals surface area contributed by atoms with Gasteiger partial charge >= 0.3 is 6.03 Å². The minimum Gasteiger partial charge on any atom is -0.342 e. The van der Waals surface area contributed by atoms with E-state index in [2.05, 4.69) is 5.32 Å². The molecule has 0 bridgehead atoms. The molecule has 2 fully saturated rings. The number of likely N-dealkylation sites (N-methyl/N-ethyl adjacent to an activating group) is 1. The van der Waals surface area contributed by atoms with Crippen LogP contribution in [0.5, 0.6) is 0 Å². The van der Waals surface area contributed by atoms with Crippen LogP contribution in [-0.4, -0.2) is 53.3 Å². The zero-order valence-electron chi connectivity index (χ0n) is 12.8. The number of imide groups is 1. The topological polar surface area (TPSA) is 69.7 Å². The van der Waals surface area contributed by atoms with E-state index in [0.29, 0.717) is 31.0 Å². The largest absolute Gasteiger partial charge is 0.342 e. The number of benzene rings is 1. The van der Waals surface area contributed by atoms with Crippen molar-refractivity contribution in [1.29, 1.82) is 0 Å². The second-order valence-electron chi connectivity index (χ2n) is 6.03. The van der Waals surface area contributed by atoms with E-state index >= 15 is 0 Å². The number of piperidine rings is 1. The van der Waals surface area contributed by atoms with E-state index in [1.54, 1.807) is 11.0 Å². The average Bonchev–Trinajstić information content (AvgIpc) is 2.74. The Labute approximate surface area is 139 Å². The molecule has 122 valence electrons. The number of carbonyl (C=O) groups excluding carboxylic acids is 3. The van der Waals surface area contributed by atoms with Crippen LogP contribution in [0.2, 0.25) is 5.02 Å². The number of amides is 4. The number of hydrogen-bond donors (Lipinski definition) is 1. The summed E-state index contributed by atoms with van der Waals surface area (Å²) >= 11 is 6.09. The van der Waals surface area contributed by atoms with Gasteiger partial charge in [-0.05, 0) is 24.5 Å². The number of likely N-dealkylation sites (tertiary alicyclic amines) is 1. The summed E-state index contributed by atoms with van der Waals surface area (Å²) in [7, 11) is 1.47. The first kappa shape index (κ1) is 15.8. The first-order chi connectivity index (χ1) is 10.9. The molecule has 1 spiro atoms. The highest BCUT2D eigenvalue weighted by atomic mass is 35.5. The molecule has 2 saturated heterocycles. The fraction of sp³-hybridized carbons (Fsp3) is 0.438. The predicted octanol–water partition coefficient (Wildman–Crippen LogP) is 1.43. The minimum absolute atomic E-state index is 0.0157. The van der Waals surface area contributed by atoms with Crippen LogP contribution in [-0.2, 0) is 16.0 Å². The second kappa shape index (κ2) is 5.85. The lowest BCUT2D eigenvalue weighted by Crippen LogP contribution is -2.56. The number of halogens is 1. The van der Waals surface area contributed by atoms with Gasteiger partial charge in [-0.25, -0.2) is 4.79 Å². The van der Waals surface area contributed by atoms with Crippen molar-refractivity contribution in [3.63, 3.8) is 0 Å². The molecule has 3 rings (SSSR count). The maximum Gasteiger partial charge on any atom is 0.324 e. The Morgan fingerprint density at radius 2 is 1.91 bits per heavy atom. The molecule has 0 atom stereocenters. The average molecular weight is 336 g/mol. The Morgan fingerprint density at radius 3 is 2.48 bits per heavy atom. The molecule has 0 unspecified atom stereocenters. The van der Waals surface area contributed by atoms with Crippen LogP contribution in [0.3, 0.4) is 0 Å². The van der Waals surface area contributed by atoms with Gasteiger partial charge in [0.05, 0.1) is 6.42 Å². The highest BCUT2D eigenvalue weighted by Crippen LogP contribution is 2.29. The van der Waals surface area contributed by atoms with Gasteiger partial charge in [0.25, 0.3) is 5.91 Å². The first-order valence-corrected chi connectivity index (χ1v) is 7.92. The van der Waals surface area contributed by atoms with Crippen molar-refractivity contribution in [3.8, 4) is 0 Å². The molecule has 0 saturated carbocycles. The van der Waals surface area contributed by atoms with Crippen LogP contribution in [0.15, 0.2) is 24.3 Å². The number of rotatable bonds is 2. The highest BCUT2D eigenvalue weighted by Gasteiger charge is 2.51. The van der Waals surface area contributed by atoms with Crippen molar-refractivity contribution in [2.45, 2.75) is 24.8 Å². The normalized spacial score (nSPS) is 20.1. The molecule has 0 aliphatic carbocycles. The Balaban J connectivity index is 1.63. The number of urea groups is 1. The van der Waals surface area contributed by atoms with Gasteiger partial charge in [0.2, 0.25) is 5.91 Å². The SMILES string of the molecule is CN1C(=O)NC2(CCN(C(=O)Cc3ccccc3Cl)CC2)C1=O. The molecule has 23 heavy (non-hydrogen) atoms. The zero-order valence-corrected chi connectivity index (χ0v) is 13.6. The number of nitrogens with zero attached hydrogens (tertiary/aromatic N) is 2. The van der Waals surface area contributed by atoms with E-state index in [1.165, 1.54) is 7.05 Å². The molecule has 6 nitrogen and oxygen atoms in total. The van der Waals surface area contributed by atoms with Crippen molar-refractivity contribution in [1.82, 2.24) is 15.1 Å². The summed E-state index contributed by atoms with van der Waals surface area (Å²) in [5, 5.41) is 3.34. The smallest absolute Gasteiger partial charge is 0.324 e. The third-order valence-corrected chi connectivity index (χ3v) is 5.00. The van der Waals surface area contributed by atoms with Crippen LogP contribution >= 0.6 is 11.6 Å². The lowest BCUT2D eigenvalue weighted by molar-refractivity contribution is -0.137. The van der Waals surface area contributed by atoms with Crippen LogP contribution in [0.1, 0.15) is 18.4 Å². The molecule has 0 radical (unpaired) electrons. The lowest BCUT2D eigenvalue weighted by Gasteiger charge is -2.37. The molecule has 2 aliphatic heterocycles. The van der Waals surface area contributed by atoms with Crippen molar-refractivity contribution >= 4 is 29.4 Å². The maximum absolute atomic E-state index is 12.4. The minimum atomic E-state index is -0.840. The predicted molar refractivity (Wildman–Crippen MR) is 85.0 cm³/mol. The summed E-state index contributed by atoms with van der Waals surface area (Å²) in [6.45, 7) is 0.895. The first-order valence-electron chi connectivity index (χ1n) is 7.54. The van der Waals surface area contributed by atoms with Gasteiger partial charge in [-0.1, -0.05) is 29.8 Å². The lowest BCUT2D eigenvalue weighted by atomic mass is 9.87. The molecule has 1 N–H and O–H groups in total. The van der Waals surface area contributed by atoms with E-state index in [4.69, 9.17) is 11.6 Å². The summed E-state index contributed by atoms with van der Waals surface area (Å²) in [5.74, 6) is -0.223. The van der Waals surface area contributed by atoms with Crippen molar-refractivity contribution in [2.24, 2.45) is 0 Å². The summed E-state index contributed by atoms with van der Waals surface area (Å²) < 4.78 is 0. The van der Waals surface area contributed by atoms with Gasteiger partial charge in [-0.15, -0.1) is 0 Å². The number of hydrogen-bond acceptors (Lipinski definition) is 3. The van der Waals surface area contributed by atoms with Crippen molar-refractivity contribution in [2.75, 3.05) is 20.1 Å². The molecule has 4 amide bonds. The van der Waals surface area contributed by atoms with Gasteiger partial charge in [-0.3, -0.25) is 14.5 Å². The Kier molecular flexibility index (Phi) is 4.02. The quantitative estimate of drug-likeness (QED) is 0.831. The Hall–Kier alpha value is -2.08. The zero-order chi connectivity index (χ0) is 16.6. The highest BCUT2D eigenvalue weighted by molar-refractivity contribution is 6.31. The van der Waals surface area contributed by atoms with Crippen molar-refractivity contribution in [3.05, 3.63) is 34.9 Å². The molecule has 2 aliphatic rings. The summed E-state index contributed by atoms with van der Waals surface area (Å²) in [4.78, 5) is 39.1. The Morgan fingerprint density at radius 1 is 1.26 bits per heavy atom. The standard InChI is InChI=1S/C16H18ClN3O3/c1-19-14(22)16(18-15(19)23)6-8-20(9-7-16)13(21)10-11-4-2-3-5-12(11)17/h2-5H,6-10H2,1H3,(H,18,23).